The molecule has 0 fully saturated rings. The Labute approximate surface area is 80.2 Å². The highest BCUT2D eigenvalue weighted by Crippen LogP contribution is 2.01. The molecule has 0 aromatic carbocycles. The molecule has 0 aliphatic heterocycles. The van der Waals surface area contributed by atoms with Crippen molar-refractivity contribution >= 4 is 0 Å². The fourth-order valence-corrected chi connectivity index (χ4v) is 1.39. The number of nitrogens with one attached hydrogen (secondary N) is 1. The molecule has 1 heterocycles. The third kappa shape index (κ3) is 3.19. The van der Waals surface area contributed by atoms with Crippen LogP contribution in [-0.2, 0) is 13.0 Å². The lowest BCUT2D eigenvalue weighted by Crippen LogP contribution is -2.19. The fourth-order valence-electron chi connectivity index (χ4n) is 1.39. The first-order chi connectivity index (χ1) is 6.38. The molecule has 3 nitrogen and oxygen atoms in total. The second-order valence-corrected chi connectivity index (χ2v) is 3.18. The lowest BCUT2D eigenvalue weighted by atomic mass is 10.3. The summed E-state index contributed by atoms with van der Waals surface area (Å²) in [7, 11) is 0. The molecule has 0 unspecified atom stereocenters. The van der Waals surface area contributed by atoms with Gasteiger partial charge in [0.25, 0.3) is 0 Å². The Morgan fingerprint density at radius 3 is 3.00 bits per heavy atom. The largest absolute Gasteiger partial charge is 0.333 e. The highest BCUT2D eigenvalue weighted by molar-refractivity contribution is 4.98. The first kappa shape index (κ1) is 10.3. The summed E-state index contributed by atoms with van der Waals surface area (Å²) in [6.07, 6.45) is 6.21. The van der Waals surface area contributed by atoms with E-state index in [1.54, 1.807) is 0 Å². The number of likely N-dealkylation sites (N-methyl/N-ethyl adjacent to an activating group) is 1. The molecule has 0 aliphatic rings. The van der Waals surface area contributed by atoms with Gasteiger partial charge in [0.2, 0.25) is 0 Å². The van der Waals surface area contributed by atoms with Gasteiger partial charge in [-0.1, -0.05) is 20.3 Å². The van der Waals surface area contributed by atoms with Crippen LogP contribution < -0.4 is 5.32 Å². The van der Waals surface area contributed by atoms with Crippen LogP contribution in [0.5, 0.6) is 0 Å². The predicted molar refractivity (Wildman–Crippen MR) is 54.8 cm³/mol. The average molecular weight is 181 g/mol. The molecule has 0 spiro atoms. The SMILES string of the molecule is CCCc1cncn1CCNCC. The van der Waals surface area contributed by atoms with Crippen LogP contribution in [-0.4, -0.2) is 22.6 Å². The minimum absolute atomic E-state index is 1.03. The van der Waals surface area contributed by atoms with E-state index in [2.05, 4.69) is 28.7 Å². The molecule has 0 radical (unpaired) electrons. The summed E-state index contributed by atoms with van der Waals surface area (Å²) in [5.74, 6) is 0. The summed E-state index contributed by atoms with van der Waals surface area (Å²) < 4.78 is 2.23. The lowest BCUT2D eigenvalue weighted by Gasteiger charge is -2.06. The van der Waals surface area contributed by atoms with E-state index < -0.39 is 0 Å². The van der Waals surface area contributed by atoms with E-state index in [1.165, 1.54) is 12.1 Å². The molecule has 0 amide bonds. The van der Waals surface area contributed by atoms with E-state index in [0.717, 1.165) is 26.1 Å². The first-order valence-corrected chi connectivity index (χ1v) is 5.08. The molecular weight excluding hydrogens is 162 g/mol. The molecule has 0 saturated heterocycles. The molecular formula is C10H19N3. The van der Waals surface area contributed by atoms with Crippen LogP contribution in [0.2, 0.25) is 0 Å². The molecule has 0 aliphatic carbocycles. The van der Waals surface area contributed by atoms with Crippen molar-refractivity contribution < 1.29 is 0 Å². The van der Waals surface area contributed by atoms with Gasteiger partial charge in [0, 0.05) is 25.0 Å². The number of nitrogens with zero attached hydrogens (tertiary/aromatic N) is 2. The molecule has 0 atom stereocenters. The summed E-state index contributed by atoms with van der Waals surface area (Å²) in [5.41, 5.74) is 1.35. The highest BCUT2D eigenvalue weighted by Gasteiger charge is 1.99. The third-order valence-electron chi connectivity index (χ3n) is 2.08. The van der Waals surface area contributed by atoms with E-state index in [4.69, 9.17) is 0 Å². The van der Waals surface area contributed by atoms with Crippen molar-refractivity contribution in [3.8, 4) is 0 Å². The zero-order valence-corrected chi connectivity index (χ0v) is 8.58. The number of hydrogen-bond donors (Lipinski definition) is 1. The van der Waals surface area contributed by atoms with Gasteiger partial charge in [0.15, 0.2) is 0 Å². The van der Waals surface area contributed by atoms with Gasteiger partial charge in [0.1, 0.15) is 0 Å². The van der Waals surface area contributed by atoms with Crippen molar-refractivity contribution in [1.29, 1.82) is 0 Å². The molecule has 1 rings (SSSR count). The summed E-state index contributed by atoms with van der Waals surface area (Å²) >= 11 is 0. The van der Waals surface area contributed by atoms with E-state index in [0.29, 0.717) is 0 Å². The van der Waals surface area contributed by atoms with Gasteiger partial charge < -0.3 is 9.88 Å². The van der Waals surface area contributed by atoms with Crippen LogP contribution >= 0.6 is 0 Å². The van der Waals surface area contributed by atoms with E-state index in [1.807, 2.05) is 12.5 Å². The number of hydrogen-bond acceptors (Lipinski definition) is 2. The Balaban J connectivity index is 2.40. The fraction of sp³-hybridized carbons (Fsp3) is 0.700. The molecule has 0 bridgehead atoms. The molecule has 0 saturated carbocycles. The molecule has 3 heteroatoms. The Morgan fingerprint density at radius 1 is 1.46 bits per heavy atom. The lowest BCUT2D eigenvalue weighted by molar-refractivity contribution is 0.593. The maximum absolute atomic E-state index is 4.15. The second kappa shape index (κ2) is 5.75. The van der Waals surface area contributed by atoms with Crippen molar-refractivity contribution in [2.45, 2.75) is 33.2 Å². The van der Waals surface area contributed by atoms with Gasteiger partial charge in [0.05, 0.1) is 6.33 Å². The van der Waals surface area contributed by atoms with Crippen LogP contribution in [0.25, 0.3) is 0 Å². The van der Waals surface area contributed by atoms with Crippen molar-refractivity contribution in [2.24, 2.45) is 0 Å². The van der Waals surface area contributed by atoms with Crippen molar-refractivity contribution in [3.63, 3.8) is 0 Å². The molecule has 13 heavy (non-hydrogen) atoms. The van der Waals surface area contributed by atoms with E-state index >= 15 is 0 Å². The standard InChI is InChI=1S/C10H19N3/c1-3-5-10-8-12-9-13(10)7-6-11-4-2/h8-9,11H,3-7H2,1-2H3. The molecule has 1 aromatic heterocycles. The smallest absolute Gasteiger partial charge is 0.0948 e. The van der Waals surface area contributed by atoms with Crippen LogP contribution in [0.4, 0.5) is 0 Å². The Morgan fingerprint density at radius 2 is 2.31 bits per heavy atom. The van der Waals surface area contributed by atoms with Crippen molar-refractivity contribution in [3.05, 3.63) is 18.2 Å². The topological polar surface area (TPSA) is 29.9 Å². The predicted octanol–water partition coefficient (Wildman–Crippen LogP) is 1.45. The quantitative estimate of drug-likeness (QED) is 0.673. The Kier molecular flexibility index (Phi) is 4.54. The van der Waals surface area contributed by atoms with Crippen LogP contribution in [0.15, 0.2) is 12.5 Å². The maximum Gasteiger partial charge on any atom is 0.0948 e. The van der Waals surface area contributed by atoms with Gasteiger partial charge in [-0.15, -0.1) is 0 Å². The van der Waals surface area contributed by atoms with Gasteiger partial charge in [-0.05, 0) is 13.0 Å². The van der Waals surface area contributed by atoms with Gasteiger partial charge in [-0.3, -0.25) is 0 Å². The number of aryl methyl sites for hydroxylation is 1. The van der Waals surface area contributed by atoms with Crippen molar-refractivity contribution in [1.82, 2.24) is 14.9 Å². The summed E-state index contributed by atoms with van der Waals surface area (Å²) in [4.78, 5) is 4.15. The van der Waals surface area contributed by atoms with Gasteiger partial charge >= 0.3 is 0 Å². The molecule has 74 valence electrons. The molecule has 1 N–H and O–H groups in total. The average Bonchev–Trinajstić information content (AvgIpc) is 2.54. The number of rotatable bonds is 6. The summed E-state index contributed by atoms with van der Waals surface area (Å²) in [6.45, 7) is 7.42. The zero-order valence-electron chi connectivity index (χ0n) is 8.58. The minimum Gasteiger partial charge on any atom is -0.333 e. The highest BCUT2D eigenvalue weighted by atomic mass is 15.1. The molecule has 1 aromatic rings. The third-order valence-corrected chi connectivity index (χ3v) is 2.08. The van der Waals surface area contributed by atoms with Crippen molar-refractivity contribution in [2.75, 3.05) is 13.1 Å². The number of aromatic nitrogens is 2. The van der Waals surface area contributed by atoms with E-state index in [9.17, 15) is 0 Å². The summed E-state index contributed by atoms with van der Waals surface area (Å²) in [6, 6.07) is 0. The van der Waals surface area contributed by atoms with Gasteiger partial charge in [-0.2, -0.15) is 0 Å². The van der Waals surface area contributed by atoms with Crippen LogP contribution in [0.3, 0.4) is 0 Å². The maximum atomic E-state index is 4.15. The Bertz CT molecular complexity index is 230. The minimum atomic E-state index is 1.03. The Hall–Kier alpha value is -0.830. The van der Waals surface area contributed by atoms with Crippen LogP contribution in [0, 0.1) is 0 Å². The monoisotopic (exact) mass is 181 g/mol. The first-order valence-electron chi connectivity index (χ1n) is 5.08. The zero-order chi connectivity index (χ0) is 9.52. The number of imidazole rings is 1. The second-order valence-electron chi connectivity index (χ2n) is 3.18. The normalized spacial score (nSPS) is 10.6. The summed E-state index contributed by atoms with van der Waals surface area (Å²) in [5, 5.41) is 3.31. The van der Waals surface area contributed by atoms with Crippen LogP contribution in [0.1, 0.15) is 26.0 Å². The van der Waals surface area contributed by atoms with E-state index in [-0.39, 0.29) is 0 Å². The van der Waals surface area contributed by atoms with Gasteiger partial charge in [-0.25, -0.2) is 4.98 Å².